The largest absolute Gasteiger partial charge is 0.356 e. The minimum Gasteiger partial charge on any atom is -0.356 e. The van der Waals surface area contributed by atoms with Crippen LogP contribution in [-0.2, 0) is 33.6 Å². The van der Waals surface area contributed by atoms with Gasteiger partial charge in [0.05, 0.1) is 13.3 Å². The molecule has 0 radical (unpaired) electrons. The fourth-order valence-electron chi connectivity index (χ4n) is 2.34. The molecule has 234 valence electrons. The number of amides is 7. The van der Waals surface area contributed by atoms with Crippen molar-refractivity contribution in [2.24, 2.45) is 5.92 Å². The lowest BCUT2D eigenvalue weighted by Crippen LogP contribution is -2.42. The van der Waals surface area contributed by atoms with Crippen LogP contribution in [0.15, 0.2) is 0 Å². The van der Waals surface area contributed by atoms with Crippen molar-refractivity contribution in [1.29, 1.82) is 0 Å². The van der Waals surface area contributed by atoms with Crippen molar-refractivity contribution >= 4 is 41.9 Å². The number of nitrogens with zero attached hydrogens (tertiary/aromatic N) is 1. The van der Waals surface area contributed by atoms with E-state index >= 15 is 0 Å². The summed E-state index contributed by atoms with van der Waals surface area (Å²) >= 11 is 0. The van der Waals surface area contributed by atoms with E-state index in [4.69, 9.17) is 0 Å². The van der Waals surface area contributed by atoms with Gasteiger partial charge in [-0.25, -0.2) is 0 Å². The Bertz CT molecular complexity index is 713. The molecule has 0 fully saturated rings. The predicted octanol–water partition coefficient (Wildman–Crippen LogP) is -0.0198. The van der Waals surface area contributed by atoms with E-state index in [-0.39, 0.29) is 54.8 Å². The molecular formula is C26H53N7O7. The van der Waals surface area contributed by atoms with Gasteiger partial charge in [-0.2, -0.15) is 0 Å². The van der Waals surface area contributed by atoms with Crippen molar-refractivity contribution in [3.63, 3.8) is 0 Å². The van der Waals surface area contributed by atoms with Crippen LogP contribution in [-0.4, -0.2) is 85.8 Å². The van der Waals surface area contributed by atoms with E-state index in [1.807, 2.05) is 27.7 Å². The molecule has 1 atom stereocenters. The molecule has 0 aliphatic rings. The number of hydrogen-bond acceptors (Lipinski definition) is 7. The van der Waals surface area contributed by atoms with Gasteiger partial charge in [0.25, 0.3) is 0 Å². The topological polar surface area (TPSA) is 195 Å². The van der Waals surface area contributed by atoms with E-state index in [1.54, 1.807) is 0 Å². The fraction of sp³-hybridized carbons (Fsp3) is 0.731. The summed E-state index contributed by atoms with van der Waals surface area (Å²) in [6.45, 7) is 18.6. The van der Waals surface area contributed by atoms with Crippen LogP contribution >= 0.6 is 0 Å². The highest BCUT2D eigenvalue weighted by Crippen LogP contribution is 1.98. The molecule has 6 N–H and O–H groups in total. The molecule has 0 saturated carbocycles. The third-order valence-electron chi connectivity index (χ3n) is 4.57. The standard InChI is InChI=1S/C9H18N2O2.C8H16N2O2.C7H13N3O3.C2H6/c1-4-9(5-10-7(2)12)6-11-8(3)13;1-4-8(10-7(3)12)5-9-6(2)11;1-6(12)8-3-10(5-11)4-9-7(2)13;1-2/h9H,4-6H2,1-3H3,(H,10,12)(H,11,13);8H,4-5H2,1-3H3,(H,9,11)(H,10,12);5H,3-4H2,1-2H3,(H,8,12)(H,9,13);1-2H3. The van der Waals surface area contributed by atoms with E-state index in [9.17, 15) is 33.6 Å². The van der Waals surface area contributed by atoms with Gasteiger partial charge in [0, 0.05) is 67.2 Å². The molecule has 0 rings (SSSR count). The molecule has 0 aliphatic carbocycles. The van der Waals surface area contributed by atoms with Crippen LogP contribution in [0.25, 0.3) is 0 Å². The van der Waals surface area contributed by atoms with E-state index in [0.29, 0.717) is 32.0 Å². The number of hydrogen-bond donors (Lipinski definition) is 6. The molecule has 0 aromatic carbocycles. The Hall–Kier alpha value is -3.71. The normalized spacial score (nSPS) is 9.78. The van der Waals surface area contributed by atoms with E-state index < -0.39 is 0 Å². The summed E-state index contributed by atoms with van der Waals surface area (Å²) in [5.74, 6) is -0.314. The Kier molecular flexibility index (Phi) is 32.3. The summed E-state index contributed by atoms with van der Waals surface area (Å²) < 4.78 is 0. The number of carbonyl (C=O) groups is 7. The lowest BCUT2D eigenvalue weighted by molar-refractivity contribution is -0.124. The maximum absolute atomic E-state index is 10.6. The molecule has 0 aromatic heterocycles. The Morgan fingerprint density at radius 1 is 0.575 bits per heavy atom. The highest BCUT2D eigenvalue weighted by molar-refractivity contribution is 5.75. The van der Waals surface area contributed by atoms with Crippen molar-refractivity contribution in [2.45, 2.75) is 88.1 Å². The number of rotatable bonds is 14. The van der Waals surface area contributed by atoms with Crippen LogP contribution in [0.5, 0.6) is 0 Å². The Labute approximate surface area is 239 Å². The first kappa shape index (κ1) is 43.3. The van der Waals surface area contributed by atoms with Crippen LogP contribution in [0, 0.1) is 5.92 Å². The van der Waals surface area contributed by atoms with E-state index in [2.05, 4.69) is 31.9 Å². The van der Waals surface area contributed by atoms with Crippen LogP contribution < -0.4 is 31.9 Å². The first-order valence-electron chi connectivity index (χ1n) is 13.4. The van der Waals surface area contributed by atoms with E-state index in [1.165, 1.54) is 46.4 Å². The second kappa shape index (κ2) is 29.8. The van der Waals surface area contributed by atoms with Gasteiger partial charge in [-0.15, -0.1) is 0 Å². The fourth-order valence-corrected chi connectivity index (χ4v) is 2.34. The molecule has 7 amide bonds. The Morgan fingerprint density at radius 2 is 0.925 bits per heavy atom. The van der Waals surface area contributed by atoms with Gasteiger partial charge in [0.2, 0.25) is 41.9 Å². The van der Waals surface area contributed by atoms with Crippen molar-refractivity contribution in [2.75, 3.05) is 33.0 Å². The number of carbonyl (C=O) groups excluding carboxylic acids is 7. The molecule has 0 heterocycles. The van der Waals surface area contributed by atoms with E-state index in [0.717, 1.165) is 12.8 Å². The summed E-state index contributed by atoms with van der Waals surface area (Å²) in [4.78, 5) is 74.9. The highest BCUT2D eigenvalue weighted by atomic mass is 16.2. The summed E-state index contributed by atoms with van der Waals surface area (Å²) in [6, 6.07) is 0.0476. The summed E-state index contributed by atoms with van der Waals surface area (Å²) in [5, 5.41) is 15.7. The minimum absolute atomic E-state index is 0.0266. The molecule has 0 saturated heterocycles. The lowest BCUT2D eigenvalue weighted by Gasteiger charge is -2.17. The zero-order valence-electron chi connectivity index (χ0n) is 26.0. The van der Waals surface area contributed by atoms with Gasteiger partial charge in [-0.1, -0.05) is 27.7 Å². The molecule has 0 aromatic rings. The average molecular weight is 576 g/mol. The predicted molar refractivity (Wildman–Crippen MR) is 154 cm³/mol. The van der Waals surface area contributed by atoms with Crippen LogP contribution in [0.2, 0.25) is 0 Å². The summed E-state index contributed by atoms with van der Waals surface area (Å²) in [5.41, 5.74) is 0. The first-order valence-corrected chi connectivity index (χ1v) is 13.4. The van der Waals surface area contributed by atoms with Gasteiger partial charge >= 0.3 is 0 Å². The Balaban J connectivity index is -0.000000235. The van der Waals surface area contributed by atoms with Gasteiger partial charge < -0.3 is 36.8 Å². The maximum Gasteiger partial charge on any atom is 0.218 e. The Morgan fingerprint density at radius 3 is 1.18 bits per heavy atom. The minimum atomic E-state index is -0.227. The summed E-state index contributed by atoms with van der Waals surface area (Å²) in [6.07, 6.45) is 2.31. The molecule has 0 bridgehead atoms. The molecule has 0 aliphatic heterocycles. The van der Waals surface area contributed by atoms with Crippen LogP contribution in [0.4, 0.5) is 0 Å². The van der Waals surface area contributed by atoms with Crippen molar-refractivity contribution in [3.8, 4) is 0 Å². The molecule has 0 spiro atoms. The molecule has 14 nitrogen and oxygen atoms in total. The third kappa shape index (κ3) is 38.8. The third-order valence-corrected chi connectivity index (χ3v) is 4.57. The first-order chi connectivity index (χ1) is 18.7. The average Bonchev–Trinajstić information content (AvgIpc) is 2.87. The van der Waals surface area contributed by atoms with Gasteiger partial charge in [-0.3, -0.25) is 33.6 Å². The van der Waals surface area contributed by atoms with Crippen molar-refractivity contribution < 1.29 is 33.6 Å². The van der Waals surface area contributed by atoms with Gasteiger partial charge in [-0.05, 0) is 18.8 Å². The second-order valence-corrected chi connectivity index (χ2v) is 8.37. The quantitative estimate of drug-likeness (QED) is 0.124. The highest BCUT2D eigenvalue weighted by Gasteiger charge is 2.07. The SMILES string of the molecule is CC.CC(=O)NCN(C=O)CNC(C)=O.CCC(CNC(C)=O)CNC(C)=O.CCC(CNC(C)=O)NC(C)=O. The van der Waals surface area contributed by atoms with Crippen molar-refractivity contribution in [3.05, 3.63) is 0 Å². The molecule has 14 heteroatoms. The van der Waals surface area contributed by atoms with Gasteiger partial charge in [0.1, 0.15) is 0 Å². The smallest absolute Gasteiger partial charge is 0.218 e. The molecule has 40 heavy (non-hydrogen) atoms. The molecule has 1 unspecified atom stereocenters. The monoisotopic (exact) mass is 575 g/mol. The van der Waals surface area contributed by atoms with Crippen LogP contribution in [0.1, 0.15) is 82.1 Å². The van der Waals surface area contributed by atoms with Gasteiger partial charge in [0.15, 0.2) is 0 Å². The van der Waals surface area contributed by atoms with Crippen molar-refractivity contribution in [1.82, 2.24) is 36.8 Å². The second-order valence-electron chi connectivity index (χ2n) is 8.37. The summed E-state index contributed by atoms with van der Waals surface area (Å²) in [7, 11) is 0. The number of nitrogens with one attached hydrogen (secondary N) is 6. The zero-order valence-corrected chi connectivity index (χ0v) is 26.0. The van der Waals surface area contributed by atoms with Crippen LogP contribution in [0.3, 0.4) is 0 Å². The maximum atomic E-state index is 10.6. The molecular weight excluding hydrogens is 522 g/mol. The lowest BCUT2D eigenvalue weighted by atomic mass is 10.1. The zero-order chi connectivity index (χ0) is 32.1.